The fourth-order valence-electron chi connectivity index (χ4n) is 3.73. The number of aromatic nitrogens is 2. The third-order valence-electron chi connectivity index (χ3n) is 5.41. The van der Waals surface area contributed by atoms with Crippen molar-refractivity contribution in [1.82, 2.24) is 20.2 Å². The first-order valence-corrected chi connectivity index (χ1v) is 10.6. The molecule has 30 heavy (non-hydrogen) atoms. The Kier molecular flexibility index (Phi) is 8.59. The minimum atomic E-state index is 0.0198. The molecule has 0 atom stereocenters. The molecule has 1 aromatic heterocycles. The van der Waals surface area contributed by atoms with Crippen molar-refractivity contribution in [1.29, 1.82) is 0 Å². The fourth-order valence-corrected chi connectivity index (χ4v) is 3.73. The Morgan fingerprint density at radius 3 is 2.70 bits per heavy atom. The van der Waals surface area contributed by atoms with E-state index in [0.29, 0.717) is 32.3 Å². The number of urea groups is 1. The molecule has 2 heterocycles. The number of likely N-dealkylation sites (tertiary alicyclic amines) is 1. The van der Waals surface area contributed by atoms with Crippen LogP contribution >= 0.6 is 0 Å². The number of carbonyl (C=O) groups is 1. The SMILES string of the molecule is COCCOCc1cnc(C)nc1C1CCN(C(=O)NCCc2ccccc2)CC1. The first kappa shape index (κ1) is 22.2. The highest BCUT2D eigenvalue weighted by molar-refractivity contribution is 5.74. The largest absolute Gasteiger partial charge is 0.382 e. The highest BCUT2D eigenvalue weighted by Gasteiger charge is 2.26. The van der Waals surface area contributed by atoms with Gasteiger partial charge in [-0.25, -0.2) is 14.8 Å². The zero-order valence-corrected chi connectivity index (χ0v) is 18.0. The van der Waals surface area contributed by atoms with Crippen LogP contribution in [-0.4, -0.2) is 60.9 Å². The maximum atomic E-state index is 12.5. The Labute approximate surface area is 178 Å². The number of hydrogen-bond donors (Lipinski definition) is 1. The lowest BCUT2D eigenvalue weighted by molar-refractivity contribution is 0.0607. The van der Waals surface area contributed by atoms with Gasteiger partial charge in [-0.3, -0.25) is 0 Å². The summed E-state index contributed by atoms with van der Waals surface area (Å²) in [5, 5.41) is 3.05. The molecule has 7 heteroatoms. The van der Waals surface area contributed by atoms with Gasteiger partial charge >= 0.3 is 6.03 Å². The van der Waals surface area contributed by atoms with Crippen LogP contribution in [0, 0.1) is 6.92 Å². The van der Waals surface area contributed by atoms with E-state index >= 15 is 0 Å². The second-order valence-electron chi connectivity index (χ2n) is 7.60. The number of rotatable bonds is 9. The van der Waals surface area contributed by atoms with E-state index < -0.39 is 0 Å². The molecular formula is C23H32N4O3. The number of amides is 2. The van der Waals surface area contributed by atoms with E-state index in [4.69, 9.17) is 14.5 Å². The van der Waals surface area contributed by atoms with Gasteiger partial charge in [-0.1, -0.05) is 30.3 Å². The zero-order chi connectivity index (χ0) is 21.2. The molecule has 1 aliphatic heterocycles. The van der Waals surface area contributed by atoms with Gasteiger partial charge in [0.15, 0.2) is 0 Å². The summed E-state index contributed by atoms with van der Waals surface area (Å²) in [5.41, 5.74) is 3.32. The van der Waals surface area contributed by atoms with Crippen molar-refractivity contribution >= 4 is 6.03 Å². The first-order valence-electron chi connectivity index (χ1n) is 10.6. The average Bonchev–Trinajstić information content (AvgIpc) is 2.78. The normalized spacial score (nSPS) is 14.7. The molecule has 1 aliphatic rings. The Morgan fingerprint density at radius 1 is 1.20 bits per heavy atom. The summed E-state index contributed by atoms with van der Waals surface area (Å²) < 4.78 is 10.7. The molecule has 0 unspecified atom stereocenters. The number of nitrogens with one attached hydrogen (secondary N) is 1. The molecular weight excluding hydrogens is 380 g/mol. The van der Waals surface area contributed by atoms with E-state index in [9.17, 15) is 4.79 Å². The highest BCUT2D eigenvalue weighted by Crippen LogP contribution is 2.29. The topological polar surface area (TPSA) is 76.6 Å². The monoisotopic (exact) mass is 412 g/mol. The van der Waals surface area contributed by atoms with Crippen LogP contribution in [-0.2, 0) is 22.5 Å². The summed E-state index contributed by atoms with van der Waals surface area (Å²) >= 11 is 0. The molecule has 0 bridgehead atoms. The van der Waals surface area contributed by atoms with Crippen LogP contribution < -0.4 is 5.32 Å². The van der Waals surface area contributed by atoms with E-state index in [1.807, 2.05) is 36.2 Å². The van der Waals surface area contributed by atoms with Crippen LogP contribution in [0.15, 0.2) is 36.5 Å². The summed E-state index contributed by atoms with van der Waals surface area (Å²) in [7, 11) is 1.66. The molecule has 162 valence electrons. The van der Waals surface area contributed by atoms with Gasteiger partial charge in [-0.15, -0.1) is 0 Å². The highest BCUT2D eigenvalue weighted by atomic mass is 16.5. The molecule has 1 saturated heterocycles. The molecule has 1 N–H and O–H groups in total. The third kappa shape index (κ3) is 6.50. The van der Waals surface area contributed by atoms with Crippen molar-refractivity contribution in [3.8, 4) is 0 Å². The standard InChI is InChI=1S/C23H32N4O3/c1-18-25-16-21(17-30-15-14-29-2)22(26-18)20-9-12-27(13-10-20)23(28)24-11-8-19-6-4-3-5-7-19/h3-7,16,20H,8-15,17H2,1-2H3,(H,24,28). The van der Waals surface area contributed by atoms with Crippen LogP contribution in [0.4, 0.5) is 4.79 Å². The van der Waals surface area contributed by atoms with E-state index in [-0.39, 0.29) is 6.03 Å². The Balaban J connectivity index is 1.48. The predicted octanol–water partition coefficient (Wildman–Crippen LogP) is 3.08. The fraction of sp³-hybridized carbons (Fsp3) is 0.522. The van der Waals surface area contributed by atoms with Crippen LogP contribution in [0.2, 0.25) is 0 Å². The minimum Gasteiger partial charge on any atom is -0.382 e. The minimum absolute atomic E-state index is 0.0198. The Morgan fingerprint density at radius 2 is 1.97 bits per heavy atom. The van der Waals surface area contributed by atoms with Gasteiger partial charge in [0.2, 0.25) is 0 Å². The average molecular weight is 413 g/mol. The summed E-state index contributed by atoms with van der Waals surface area (Å²) in [5.74, 6) is 1.09. The van der Waals surface area contributed by atoms with Gasteiger partial charge in [-0.05, 0) is 31.7 Å². The van der Waals surface area contributed by atoms with Crippen molar-refractivity contribution in [2.45, 2.75) is 38.7 Å². The second kappa shape index (κ2) is 11.6. The number of carbonyl (C=O) groups excluding carboxylic acids is 1. The molecule has 2 aromatic rings. The number of methoxy groups -OCH3 is 1. The van der Waals surface area contributed by atoms with Gasteiger partial charge in [0.05, 0.1) is 25.5 Å². The number of piperidine rings is 1. The number of ether oxygens (including phenoxy) is 2. The van der Waals surface area contributed by atoms with Crippen LogP contribution in [0.3, 0.4) is 0 Å². The molecule has 0 radical (unpaired) electrons. The predicted molar refractivity (Wildman–Crippen MR) is 115 cm³/mol. The van der Waals surface area contributed by atoms with Crippen LogP contribution in [0.25, 0.3) is 0 Å². The van der Waals surface area contributed by atoms with E-state index in [1.165, 1.54) is 5.56 Å². The maximum Gasteiger partial charge on any atom is 0.317 e. The maximum absolute atomic E-state index is 12.5. The van der Waals surface area contributed by atoms with Gasteiger partial charge in [-0.2, -0.15) is 0 Å². The number of hydrogen-bond acceptors (Lipinski definition) is 5. The van der Waals surface area contributed by atoms with Gasteiger partial charge in [0.25, 0.3) is 0 Å². The number of benzene rings is 1. The molecule has 0 spiro atoms. The quantitative estimate of drug-likeness (QED) is 0.641. The van der Waals surface area contributed by atoms with Crippen LogP contribution in [0.5, 0.6) is 0 Å². The van der Waals surface area contributed by atoms with Crippen LogP contribution in [0.1, 0.15) is 41.4 Å². The first-order chi connectivity index (χ1) is 14.7. The van der Waals surface area contributed by atoms with Crippen molar-refractivity contribution in [2.75, 3.05) is 40.0 Å². The third-order valence-corrected chi connectivity index (χ3v) is 5.41. The Bertz CT molecular complexity index is 792. The van der Waals surface area contributed by atoms with E-state index in [0.717, 1.165) is 49.4 Å². The molecule has 0 aliphatic carbocycles. The van der Waals surface area contributed by atoms with Gasteiger partial charge < -0.3 is 19.7 Å². The molecule has 1 aromatic carbocycles. The summed E-state index contributed by atoms with van der Waals surface area (Å²) in [4.78, 5) is 23.5. The lowest BCUT2D eigenvalue weighted by Gasteiger charge is -2.32. The van der Waals surface area contributed by atoms with Crippen molar-refractivity contribution in [3.63, 3.8) is 0 Å². The number of nitrogens with zero attached hydrogens (tertiary/aromatic N) is 3. The van der Waals surface area contributed by atoms with Crippen molar-refractivity contribution in [3.05, 3.63) is 59.2 Å². The lowest BCUT2D eigenvalue weighted by atomic mass is 9.91. The molecule has 3 rings (SSSR count). The Hall–Kier alpha value is -2.51. The lowest BCUT2D eigenvalue weighted by Crippen LogP contribution is -2.44. The molecule has 1 fully saturated rings. The summed E-state index contributed by atoms with van der Waals surface area (Å²) in [6.07, 6.45) is 4.50. The summed E-state index contributed by atoms with van der Waals surface area (Å²) in [6.45, 7) is 5.62. The van der Waals surface area contributed by atoms with E-state index in [1.54, 1.807) is 7.11 Å². The molecule has 7 nitrogen and oxygen atoms in total. The van der Waals surface area contributed by atoms with Crippen molar-refractivity contribution in [2.24, 2.45) is 0 Å². The van der Waals surface area contributed by atoms with Gasteiger partial charge in [0, 0.05) is 44.4 Å². The zero-order valence-electron chi connectivity index (χ0n) is 18.0. The smallest absolute Gasteiger partial charge is 0.317 e. The summed E-state index contributed by atoms with van der Waals surface area (Å²) in [6, 6.07) is 10.2. The molecule has 0 saturated carbocycles. The van der Waals surface area contributed by atoms with E-state index in [2.05, 4.69) is 22.4 Å². The van der Waals surface area contributed by atoms with Crippen molar-refractivity contribution < 1.29 is 14.3 Å². The molecule has 2 amide bonds. The van der Waals surface area contributed by atoms with Gasteiger partial charge in [0.1, 0.15) is 5.82 Å². The number of aryl methyl sites for hydroxylation is 1. The second-order valence-corrected chi connectivity index (χ2v) is 7.60.